The molecule has 5 heteroatoms. The largest absolute Gasteiger partial charge is 0.339 e. The van der Waals surface area contributed by atoms with Crippen LogP contribution in [-0.4, -0.2) is 16.7 Å². The lowest BCUT2D eigenvalue weighted by molar-refractivity contribution is 0.362. The Balaban J connectivity index is 1.82. The van der Waals surface area contributed by atoms with E-state index in [0.29, 0.717) is 5.89 Å². The van der Waals surface area contributed by atoms with E-state index in [-0.39, 0.29) is 5.92 Å². The maximum Gasteiger partial charge on any atom is 0.229 e. The van der Waals surface area contributed by atoms with Crippen molar-refractivity contribution in [1.29, 1.82) is 0 Å². The highest BCUT2D eigenvalue weighted by atomic mass is 32.2. The minimum absolute atomic E-state index is 0.283. The lowest BCUT2D eigenvalue weighted by atomic mass is 10.2. The number of hydrogen-bond donors (Lipinski definition) is 1. The molecule has 1 heterocycles. The third kappa shape index (κ3) is 5.17. The van der Waals surface area contributed by atoms with Crippen molar-refractivity contribution in [2.45, 2.75) is 50.3 Å². The quantitative estimate of drug-likeness (QED) is 0.590. The number of nitrogens with zero attached hydrogens (tertiary/aromatic N) is 2. The van der Waals surface area contributed by atoms with Gasteiger partial charge in [0.05, 0.1) is 5.75 Å². The van der Waals surface area contributed by atoms with E-state index in [2.05, 4.69) is 60.5 Å². The Hall–Kier alpha value is -1.33. The van der Waals surface area contributed by atoms with Gasteiger partial charge in [-0.15, -0.1) is 11.8 Å². The van der Waals surface area contributed by atoms with E-state index in [9.17, 15) is 0 Å². The van der Waals surface area contributed by atoms with Crippen LogP contribution in [0.25, 0.3) is 0 Å². The molecule has 0 aliphatic heterocycles. The summed E-state index contributed by atoms with van der Waals surface area (Å²) < 4.78 is 5.21. The Morgan fingerprint density at radius 2 is 2.00 bits per heavy atom. The summed E-state index contributed by atoms with van der Waals surface area (Å²) in [5.74, 6) is 2.50. The van der Waals surface area contributed by atoms with Crippen molar-refractivity contribution in [3.63, 3.8) is 0 Å². The molecule has 0 atom stereocenters. The van der Waals surface area contributed by atoms with E-state index < -0.39 is 0 Å². The van der Waals surface area contributed by atoms with Gasteiger partial charge in [0.25, 0.3) is 0 Å². The molecule has 1 aromatic carbocycles. The second kappa shape index (κ2) is 8.20. The molecule has 0 radical (unpaired) electrons. The van der Waals surface area contributed by atoms with Crippen molar-refractivity contribution in [1.82, 2.24) is 15.5 Å². The summed E-state index contributed by atoms with van der Waals surface area (Å²) in [6.07, 6.45) is 1.16. The number of nitrogens with one attached hydrogen (secondary N) is 1. The van der Waals surface area contributed by atoms with Crippen molar-refractivity contribution in [2.24, 2.45) is 0 Å². The molecule has 0 aliphatic carbocycles. The SMILES string of the molecule is CCCNCc1ccc(SCc2noc(C(C)C)n2)cc1. The summed E-state index contributed by atoms with van der Waals surface area (Å²) in [6, 6.07) is 8.63. The molecule has 0 amide bonds. The highest BCUT2D eigenvalue weighted by Gasteiger charge is 2.09. The Bertz CT molecular complexity index is 537. The molecule has 0 saturated heterocycles. The van der Waals surface area contributed by atoms with Gasteiger partial charge in [0.1, 0.15) is 0 Å². The zero-order valence-corrected chi connectivity index (χ0v) is 13.7. The van der Waals surface area contributed by atoms with E-state index >= 15 is 0 Å². The Kier molecular flexibility index (Phi) is 6.26. The van der Waals surface area contributed by atoms with Crippen LogP contribution in [0.1, 0.15) is 50.4 Å². The van der Waals surface area contributed by atoms with Crippen molar-refractivity contribution in [3.05, 3.63) is 41.5 Å². The predicted octanol–water partition coefficient (Wildman–Crippen LogP) is 3.98. The van der Waals surface area contributed by atoms with Gasteiger partial charge in [0, 0.05) is 17.4 Å². The minimum Gasteiger partial charge on any atom is -0.339 e. The molecule has 0 aliphatic rings. The Labute approximate surface area is 130 Å². The fourth-order valence-corrected chi connectivity index (χ4v) is 2.56. The van der Waals surface area contributed by atoms with Crippen LogP contribution in [0.3, 0.4) is 0 Å². The second-order valence-electron chi connectivity index (χ2n) is 5.31. The molecule has 1 aromatic heterocycles. The zero-order chi connectivity index (χ0) is 15.1. The van der Waals surface area contributed by atoms with Crippen molar-refractivity contribution < 1.29 is 4.52 Å². The van der Waals surface area contributed by atoms with E-state index in [4.69, 9.17) is 4.52 Å². The van der Waals surface area contributed by atoms with Gasteiger partial charge in [0.15, 0.2) is 5.82 Å². The van der Waals surface area contributed by atoms with E-state index in [1.54, 1.807) is 11.8 Å². The zero-order valence-electron chi connectivity index (χ0n) is 12.9. The fraction of sp³-hybridized carbons (Fsp3) is 0.500. The molecule has 2 aromatic rings. The number of aromatic nitrogens is 2. The molecule has 0 fully saturated rings. The van der Waals surface area contributed by atoms with Gasteiger partial charge in [-0.1, -0.05) is 38.1 Å². The first-order chi connectivity index (χ1) is 10.2. The van der Waals surface area contributed by atoms with Crippen LogP contribution in [0.4, 0.5) is 0 Å². The van der Waals surface area contributed by atoms with Crippen LogP contribution >= 0.6 is 11.8 Å². The van der Waals surface area contributed by atoms with Crippen molar-refractivity contribution in [3.8, 4) is 0 Å². The van der Waals surface area contributed by atoms with Crippen LogP contribution in [0.15, 0.2) is 33.7 Å². The lowest BCUT2D eigenvalue weighted by Gasteiger charge is -2.04. The minimum atomic E-state index is 0.283. The molecule has 21 heavy (non-hydrogen) atoms. The summed E-state index contributed by atoms with van der Waals surface area (Å²) in [5, 5.41) is 7.41. The molecule has 114 valence electrons. The van der Waals surface area contributed by atoms with Gasteiger partial charge in [-0.05, 0) is 30.7 Å². The maximum absolute atomic E-state index is 5.21. The first-order valence-corrected chi connectivity index (χ1v) is 8.42. The summed E-state index contributed by atoms with van der Waals surface area (Å²) in [7, 11) is 0. The van der Waals surface area contributed by atoms with Gasteiger partial charge >= 0.3 is 0 Å². The smallest absolute Gasteiger partial charge is 0.229 e. The molecule has 0 spiro atoms. The predicted molar refractivity (Wildman–Crippen MR) is 86.4 cm³/mol. The van der Waals surface area contributed by atoms with Gasteiger partial charge < -0.3 is 9.84 Å². The molecule has 0 unspecified atom stereocenters. The third-order valence-corrected chi connectivity index (χ3v) is 4.03. The number of hydrogen-bond acceptors (Lipinski definition) is 5. The fourth-order valence-electron chi connectivity index (χ4n) is 1.82. The number of benzene rings is 1. The van der Waals surface area contributed by atoms with E-state index in [0.717, 1.165) is 31.1 Å². The van der Waals surface area contributed by atoms with Gasteiger partial charge in [-0.2, -0.15) is 4.98 Å². The topological polar surface area (TPSA) is 51.0 Å². The van der Waals surface area contributed by atoms with Gasteiger partial charge in [0.2, 0.25) is 5.89 Å². The highest BCUT2D eigenvalue weighted by Crippen LogP contribution is 2.22. The molecule has 4 nitrogen and oxygen atoms in total. The van der Waals surface area contributed by atoms with Crippen LogP contribution in [0.2, 0.25) is 0 Å². The Morgan fingerprint density at radius 3 is 2.62 bits per heavy atom. The molecule has 2 rings (SSSR count). The molecule has 1 N–H and O–H groups in total. The number of rotatable bonds is 8. The van der Waals surface area contributed by atoms with Crippen LogP contribution in [-0.2, 0) is 12.3 Å². The van der Waals surface area contributed by atoms with Crippen LogP contribution in [0.5, 0.6) is 0 Å². The molecular formula is C16H23N3OS. The second-order valence-corrected chi connectivity index (χ2v) is 6.36. The van der Waals surface area contributed by atoms with E-state index in [1.807, 2.05) is 0 Å². The van der Waals surface area contributed by atoms with E-state index in [1.165, 1.54) is 10.5 Å². The number of thioether (sulfide) groups is 1. The summed E-state index contributed by atoms with van der Waals surface area (Å²) in [4.78, 5) is 5.61. The third-order valence-electron chi connectivity index (χ3n) is 3.02. The van der Waals surface area contributed by atoms with Crippen molar-refractivity contribution >= 4 is 11.8 Å². The van der Waals surface area contributed by atoms with Gasteiger partial charge in [-0.3, -0.25) is 0 Å². The standard InChI is InChI=1S/C16H23N3OS/c1-4-9-17-10-13-5-7-14(8-6-13)21-11-15-18-16(12(2)3)20-19-15/h5-8,12,17H,4,9-11H2,1-3H3. The first-order valence-electron chi connectivity index (χ1n) is 7.44. The highest BCUT2D eigenvalue weighted by molar-refractivity contribution is 7.98. The normalized spacial score (nSPS) is 11.2. The monoisotopic (exact) mass is 305 g/mol. The first kappa shape index (κ1) is 16.0. The summed E-state index contributed by atoms with van der Waals surface area (Å²) in [6.45, 7) is 8.27. The Morgan fingerprint density at radius 1 is 1.24 bits per heavy atom. The summed E-state index contributed by atoms with van der Waals surface area (Å²) in [5.41, 5.74) is 1.31. The lowest BCUT2D eigenvalue weighted by Crippen LogP contribution is -2.13. The van der Waals surface area contributed by atoms with Crippen LogP contribution in [0, 0.1) is 0 Å². The maximum atomic E-state index is 5.21. The summed E-state index contributed by atoms with van der Waals surface area (Å²) >= 11 is 1.73. The average molecular weight is 305 g/mol. The van der Waals surface area contributed by atoms with Gasteiger partial charge in [-0.25, -0.2) is 0 Å². The molecular weight excluding hydrogens is 282 g/mol. The average Bonchev–Trinajstić information content (AvgIpc) is 2.96. The van der Waals surface area contributed by atoms with Crippen LogP contribution < -0.4 is 5.32 Å². The molecule has 0 saturated carbocycles. The van der Waals surface area contributed by atoms with Crippen molar-refractivity contribution in [2.75, 3.05) is 6.54 Å². The molecule has 0 bridgehead atoms.